The summed E-state index contributed by atoms with van der Waals surface area (Å²) >= 11 is 11.3. The molecule has 3 N–H and O–H groups in total. The first-order valence-electron chi connectivity index (χ1n) is 5.02. The summed E-state index contributed by atoms with van der Waals surface area (Å²) in [4.78, 5) is 19.2. The van der Waals surface area contributed by atoms with E-state index in [0.717, 1.165) is 6.07 Å². The molecule has 98 valence electrons. The molecule has 0 saturated heterocycles. The predicted octanol–water partition coefficient (Wildman–Crippen LogP) is 2.76. The first-order chi connectivity index (χ1) is 8.95. The summed E-state index contributed by atoms with van der Waals surface area (Å²) < 4.78 is 13.2. The quantitative estimate of drug-likeness (QED) is 0.508. The smallest absolute Gasteiger partial charge is 0.256 e. The van der Waals surface area contributed by atoms with Gasteiger partial charge in [0.1, 0.15) is 16.8 Å². The highest BCUT2D eigenvalue weighted by atomic mass is 35.5. The van der Waals surface area contributed by atoms with E-state index in [4.69, 9.17) is 28.9 Å². The van der Waals surface area contributed by atoms with Crippen molar-refractivity contribution < 1.29 is 9.18 Å². The molecule has 0 unspecified atom stereocenters. The number of aromatic nitrogens is 2. The molecule has 1 aromatic carbocycles. The van der Waals surface area contributed by atoms with E-state index in [1.54, 1.807) is 0 Å². The van der Waals surface area contributed by atoms with Gasteiger partial charge in [0, 0.05) is 11.6 Å². The summed E-state index contributed by atoms with van der Waals surface area (Å²) in [5.41, 5.74) is 5.38. The maximum absolute atomic E-state index is 13.2. The van der Waals surface area contributed by atoms with Crippen LogP contribution < -0.4 is 11.1 Å². The lowest BCUT2D eigenvalue weighted by atomic mass is 10.2. The van der Waals surface area contributed by atoms with Gasteiger partial charge in [0.25, 0.3) is 5.91 Å². The molecule has 0 aliphatic rings. The number of hydrogen-bond acceptors (Lipinski definition) is 4. The monoisotopic (exact) mass is 300 g/mol. The summed E-state index contributed by atoms with van der Waals surface area (Å²) in [6.07, 6.45) is 0. The van der Waals surface area contributed by atoms with Crippen LogP contribution in [0.15, 0.2) is 24.3 Å². The largest absolute Gasteiger partial charge is 0.396 e. The lowest BCUT2D eigenvalue weighted by Gasteiger charge is -2.05. The van der Waals surface area contributed by atoms with Crippen molar-refractivity contribution in [2.45, 2.75) is 0 Å². The van der Waals surface area contributed by atoms with Gasteiger partial charge in [-0.15, -0.1) is 0 Å². The Balaban J connectivity index is 2.22. The van der Waals surface area contributed by atoms with Crippen LogP contribution in [0.25, 0.3) is 0 Å². The third-order valence-corrected chi connectivity index (χ3v) is 2.53. The summed E-state index contributed by atoms with van der Waals surface area (Å²) in [6, 6.07) is 5.02. The maximum Gasteiger partial charge on any atom is 0.256 e. The molecule has 0 atom stereocenters. The van der Waals surface area contributed by atoms with Crippen molar-refractivity contribution in [3.63, 3.8) is 0 Å². The maximum atomic E-state index is 13.2. The zero-order valence-corrected chi connectivity index (χ0v) is 10.8. The Labute approximate surface area is 117 Å². The van der Waals surface area contributed by atoms with Crippen LogP contribution in [0.3, 0.4) is 0 Å². The van der Waals surface area contributed by atoms with Crippen LogP contribution >= 0.6 is 23.2 Å². The SMILES string of the molecule is Nc1ccc(C(=O)Nc2cc(Cl)nc(Cl)n2)cc1F. The second kappa shape index (κ2) is 5.38. The number of nitrogens with two attached hydrogens (primary N) is 1. The third-order valence-electron chi connectivity index (χ3n) is 2.17. The number of nitrogens with one attached hydrogen (secondary N) is 1. The Kier molecular flexibility index (Phi) is 3.82. The van der Waals surface area contributed by atoms with Crippen LogP contribution in [0, 0.1) is 5.82 Å². The topological polar surface area (TPSA) is 80.9 Å². The highest BCUT2D eigenvalue weighted by Crippen LogP contribution is 2.16. The van der Waals surface area contributed by atoms with E-state index in [-0.39, 0.29) is 27.5 Å². The van der Waals surface area contributed by atoms with Crippen molar-refractivity contribution in [2.75, 3.05) is 11.1 Å². The molecule has 1 aromatic heterocycles. The van der Waals surface area contributed by atoms with E-state index >= 15 is 0 Å². The Bertz CT molecular complexity index is 630. The minimum atomic E-state index is -0.675. The van der Waals surface area contributed by atoms with Crippen LogP contribution in [-0.4, -0.2) is 15.9 Å². The van der Waals surface area contributed by atoms with Crippen molar-refractivity contribution in [3.05, 3.63) is 46.1 Å². The van der Waals surface area contributed by atoms with Crippen molar-refractivity contribution in [3.8, 4) is 0 Å². The molecule has 1 heterocycles. The van der Waals surface area contributed by atoms with Gasteiger partial charge in [0.2, 0.25) is 5.28 Å². The van der Waals surface area contributed by atoms with E-state index < -0.39 is 11.7 Å². The molecule has 0 bridgehead atoms. The van der Waals surface area contributed by atoms with Crippen molar-refractivity contribution in [1.82, 2.24) is 9.97 Å². The van der Waals surface area contributed by atoms with Gasteiger partial charge in [-0.1, -0.05) is 11.6 Å². The fraction of sp³-hybridized carbons (Fsp3) is 0. The first kappa shape index (κ1) is 13.5. The summed E-state index contributed by atoms with van der Waals surface area (Å²) in [7, 11) is 0. The molecule has 8 heteroatoms. The minimum Gasteiger partial charge on any atom is -0.396 e. The fourth-order valence-corrected chi connectivity index (χ4v) is 1.72. The number of amides is 1. The molecule has 0 spiro atoms. The Morgan fingerprint density at radius 2 is 2.00 bits per heavy atom. The zero-order chi connectivity index (χ0) is 14.0. The number of carbonyl (C=O) groups excluding carboxylic acids is 1. The van der Waals surface area contributed by atoms with E-state index in [1.165, 1.54) is 18.2 Å². The molecule has 0 saturated carbocycles. The number of halogens is 3. The molecular weight excluding hydrogens is 294 g/mol. The van der Waals surface area contributed by atoms with Gasteiger partial charge < -0.3 is 11.1 Å². The van der Waals surface area contributed by atoms with Crippen LogP contribution in [0.2, 0.25) is 10.4 Å². The van der Waals surface area contributed by atoms with E-state index in [0.29, 0.717) is 0 Å². The molecule has 1 amide bonds. The summed E-state index contributed by atoms with van der Waals surface area (Å²) in [5, 5.41) is 2.40. The van der Waals surface area contributed by atoms with Gasteiger partial charge in [0.15, 0.2) is 0 Å². The molecule has 0 fully saturated rings. The zero-order valence-electron chi connectivity index (χ0n) is 9.32. The summed E-state index contributed by atoms with van der Waals surface area (Å²) in [6.45, 7) is 0. The van der Waals surface area contributed by atoms with E-state index in [9.17, 15) is 9.18 Å². The fourth-order valence-electron chi connectivity index (χ4n) is 1.31. The second-order valence-corrected chi connectivity index (χ2v) is 4.26. The highest BCUT2D eigenvalue weighted by molar-refractivity contribution is 6.32. The normalized spacial score (nSPS) is 10.3. The molecule has 19 heavy (non-hydrogen) atoms. The molecule has 5 nitrogen and oxygen atoms in total. The van der Waals surface area contributed by atoms with Gasteiger partial charge in [-0.25, -0.2) is 14.4 Å². The van der Waals surface area contributed by atoms with E-state index in [2.05, 4.69) is 15.3 Å². The molecular formula is C11H7Cl2FN4O. The van der Waals surface area contributed by atoms with Gasteiger partial charge in [-0.3, -0.25) is 4.79 Å². The highest BCUT2D eigenvalue weighted by Gasteiger charge is 2.10. The standard InChI is InChI=1S/C11H7Cl2FN4O/c12-8-4-9(18-11(13)16-8)17-10(19)5-1-2-7(15)6(14)3-5/h1-4H,15H2,(H,16,17,18,19). The number of benzene rings is 1. The number of nitrogen functional groups attached to an aromatic ring is 1. The molecule has 2 aromatic rings. The molecule has 0 aliphatic heterocycles. The van der Waals surface area contributed by atoms with Gasteiger partial charge >= 0.3 is 0 Å². The number of nitrogens with zero attached hydrogens (tertiary/aromatic N) is 2. The van der Waals surface area contributed by atoms with Gasteiger partial charge in [-0.2, -0.15) is 0 Å². The Hall–Kier alpha value is -1.92. The minimum absolute atomic E-state index is 0.0373. The van der Waals surface area contributed by atoms with Crippen LogP contribution in [0.5, 0.6) is 0 Å². The van der Waals surface area contributed by atoms with Crippen LogP contribution in [-0.2, 0) is 0 Å². The number of carbonyl (C=O) groups is 1. The average molecular weight is 301 g/mol. The molecule has 0 aliphatic carbocycles. The average Bonchev–Trinajstić information content (AvgIpc) is 2.31. The molecule has 0 radical (unpaired) electrons. The predicted molar refractivity (Wildman–Crippen MR) is 70.8 cm³/mol. The number of rotatable bonds is 2. The Morgan fingerprint density at radius 1 is 1.26 bits per heavy atom. The van der Waals surface area contributed by atoms with Crippen molar-refractivity contribution in [1.29, 1.82) is 0 Å². The first-order valence-corrected chi connectivity index (χ1v) is 5.78. The van der Waals surface area contributed by atoms with Crippen molar-refractivity contribution in [2.24, 2.45) is 0 Å². The lowest BCUT2D eigenvalue weighted by Crippen LogP contribution is -2.13. The second-order valence-electron chi connectivity index (χ2n) is 3.54. The van der Waals surface area contributed by atoms with Crippen LogP contribution in [0.1, 0.15) is 10.4 Å². The summed E-state index contributed by atoms with van der Waals surface area (Å²) in [5.74, 6) is -1.12. The Morgan fingerprint density at radius 3 is 2.63 bits per heavy atom. The number of hydrogen-bond donors (Lipinski definition) is 2. The third kappa shape index (κ3) is 3.30. The molecule has 2 rings (SSSR count). The van der Waals surface area contributed by atoms with Gasteiger partial charge in [0.05, 0.1) is 5.69 Å². The lowest BCUT2D eigenvalue weighted by molar-refractivity contribution is 0.102. The van der Waals surface area contributed by atoms with Gasteiger partial charge in [-0.05, 0) is 29.8 Å². The van der Waals surface area contributed by atoms with Crippen molar-refractivity contribution >= 4 is 40.6 Å². The number of anilines is 2. The van der Waals surface area contributed by atoms with E-state index in [1.807, 2.05) is 0 Å². The van der Waals surface area contributed by atoms with Crippen LogP contribution in [0.4, 0.5) is 15.9 Å².